The zero-order chi connectivity index (χ0) is 15.1. The van der Waals surface area contributed by atoms with Gasteiger partial charge in [-0.2, -0.15) is 0 Å². The third-order valence-corrected chi connectivity index (χ3v) is 2.81. The quantitative estimate of drug-likeness (QED) is 0.625. The first-order chi connectivity index (χ1) is 8.69. The molecule has 0 aromatic carbocycles. The minimum atomic E-state index is -0.898. The van der Waals surface area contributed by atoms with Crippen LogP contribution in [0, 0.1) is 11.8 Å². The number of nitrogens with one attached hydrogen (secondary N) is 2. The summed E-state index contributed by atoms with van der Waals surface area (Å²) < 4.78 is 5.45. The normalized spacial score (nSPS) is 13.2. The maximum absolute atomic E-state index is 11.6. The Hall–Kier alpha value is -1.30. The molecule has 19 heavy (non-hydrogen) atoms. The van der Waals surface area contributed by atoms with Gasteiger partial charge in [-0.25, -0.2) is 4.79 Å². The molecule has 0 aliphatic rings. The predicted molar refractivity (Wildman–Crippen MR) is 73.1 cm³/mol. The van der Waals surface area contributed by atoms with Crippen LogP contribution in [-0.4, -0.2) is 42.4 Å². The van der Waals surface area contributed by atoms with E-state index in [1.165, 1.54) is 0 Å². The second kappa shape index (κ2) is 7.99. The molecule has 2 amide bonds. The van der Waals surface area contributed by atoms with Crippen molar-refractivity contribution in [2.24, 2.45) is 11.8 Å². The number of ether oxygens (including phenoxy) is 1. The van der Waals surface area contributed by atoms with Crippen LogP contribution < -0.4 is 10.6 Å². The van der Waals surface area contributed by atoms with Crippen molar-refractivity contribution in [3.8, 4) is 0 Å². The van der Waals surface area contributed by atoms with Crippen LogP contribution in [0.5, 0.6) is 0 Å². The van der Waals surface area contributed by atoms with Crippen LogP contribution in [0.3, 0.4) is 0 Å². The summed E-state index contributed by atoms with van der Waals surface area (Å²) in [4.78, 5) is 22.5. The molecule has 1 atom stereocenters. The fourth-order valence-corrected chi connectivity index (χ4v) is 1.61. The second-order valence-corrected chi connectivity index (χ2v) is 5.45. The van der Waals surface area contributed by atoms with Crippen molar-refractivity contribution in [2.45, 2.75) is 40.2 Å². The number of carbonyl (C=O) groups excluding carboxylic acids is 1. The fourth-order valence-electron chi connectivity index (χ4n) is 1.61. The number of aliphatic carboxylic acids is 1. The lowest BCUT2D eigenvalue weighted by atomic mass is 9.96. The van der Waals surface area contributed by atoms with Gasteiger partial charge in [0, 0.05) is 19.7 Å². The monoisotopic (exact) mass is 274 g/mol. The topological polar surface area (TPSA) is 87.7 Å². The van der Waals surface area contributed by atoms with E-state index in [9.17, 15) is 9.59 Å². The summed E-state index contributed by atoms with van der Waals surface area (Å²) >= 11 is 0. The summed E-state index contributed by atoms with van der Waals surface area (Å²) in [6.45, 7) is 10.3. The van der Waals surface area contributed by atoms with Gasteiger partial charge in [-0.1, -0.05) is 13.8 Å². The van der Waals surface area contributed by atoms with Crippen LogP contribution in [-0.2, 0) is 9.53 Å². The Labute approximate surface area is 114 Å². The van der Waals surface area contributed by atoms with Crippen molar-refractivity contribution in [1.29, 1.82) is 0 Å². The Bertz CT molecular complexity index is 303. The molecule has 0 spiro atoms. The van der Waals surface area contributed by atoms with Crippen LogP contribution in [0.15, 0.2) is 0 Å². The van der Waals surface area contributed by atoms with Crippen molar-refractivity contribution in [2.75, 3.05) is 19.7 Å². The lowest BCUT2D eigenvalue weighted by molar-refractivity contribution is -0.142. The molecule has 0 aromatic heterocycles. The van der Waals surface area contributed by atoms with E-state index in [0.717, 1.165) is 0 Å². The van der Waals surface area contributed by atoms with E-state index < -0.39 is 17.5 Å². The van der Waals surface area contributed by atoms with Crippen molar-refractivity contribution >= 4 is 12.0 Å². The third-order valence-electron chi connectivity index (χ3n) is 2.81. The molecule has 112 valence electrons. The van der Waals surface area contributed by atoms with Gasteiger partial charge >= 0.3 is 12.0 Å². The highest BCUT2D eigenvalue weighted by atomic mass is 16.5. The molecule has 0 radical (unpaired) electrons. The van der Waals surface area contributed by atoms with Crippen LogP contribution in [0.25, 0.3) is 0 Å². The van der Waals surface area contributed by atoms with E-state index in [-0.39, 0.29) is 18.5 Å². The van der Waals surface area contributed by atoms with Crippen LogP contribution in [0.4, 0.5) is 4.79 Å². The summed E-state index contributed by atoms with van der Waals surface area (Å²) in [5.41, 5.74) is -0.434. The molecule has 0 fully saturated rings. The first-order valence-corrected chi connectivity index (χ1v) is 6.58. The van der Waals surface area contributed by atoms with E-state index in [1.54, 1.807) is 0 Å². The molecule has 0 aliphatic carbocycles. The number of rotatable bonds is 8. The number of hydrogen-bond acceptors (Lipinski definition) is 3. The number of urea groups is 1. The van der Waals surface area contributed by atoms with E-state index in [0.29, 0.717) is 13.2 Å². The number of carboxylic acids is 1. The van der Waals surface area contributed by atoms with Gasteiger partial charge in [0.25, 0.3) is 0 Å². The average molecular weight is 274 g/mol. The van der Waals surface area contributed by atoms with Crippen molar-refractivity contribution < 1.29 is 19.4 Å². The molecular weight excluding hydrogens is 248 g/mol. The first-order valence-electron chi connectivity index (χ1n) is 6.58. The molecule has 1 unspecified atom stereocenters. The minimum Gasteiger partial charge on any atom is -0.481 e. The average Bonchev–Trinajstić information content (AvgIpc) is 2.25. The number of carbonyl (C=O) groups is 2. The Balaban J connectivity index is 4.08. The minimum absolute atomic E-state index is 0.0299. The zero-order valence-electron chi connectivity index (χ0n) is 12.4. The molecule has 0 saturated carbocycles. The highest BCUT2D eigenvalue weighted by molar-refractivity contribution is 5.76. The molecule has 0 heterocycles. The largest absolute Gasteiger partial charge is 0.481 e. The van der Waals surface area contributed by atoms with Crippen molar-refractivity contribution in [3.63, 3.8) is 0 Å². The SMILES string of the molecule is CCOC(C)(C)CNC(=O)NCC(C(=O)O)C(C)C. The van der Waals surface area contributed by atoms with Gasteiger partial charge in [-0.3, -0.25) is 4.79 Å². The highest BCUT2D eigenvalue weighted by Crippen LogP contribution is 2.09. The molecule has 0 aliphatic heterocycles. The first kappa shape index (κ1) is 17.7. The van der Waals surface area contributed by atoms with Crippen molar-refractivity contribution in [1.82, 2.24) is 10.6 Å². The van der Waals surface area contributed by atoms with Gasteiger partial charge in [-0.15, -0.1) is 0 Å². The lowest BCUT2D eigenvalue weighted by Gasteiger charge is -2.25. The predicted octanol–water partition coefficient (Wildman–Crippen LogP) is 1.46. The van der Waals surface area contributed by atoms with E-state index in [1.807, 2.05) is 34.6 Å². The Kier molecular flexibility index (Phi) is 7.44. The van der Waals surface area contributed by atoms with E-state index >= 15 is 0 Å². The van der Waals surface area contributed by atoms with Crippen LogP contribution >= 0.6 is 0 Å². The third kappa shape index (κ3) is 7.66. The Morgan fingerprint density at radius 1 is 1.26 bits per heavy atom. The lowest BCUT2D eigenvalue weighted by Crippen LogP contribution is -2.46. The second-order valence-electron chi connectivity index (χ2n) is 5.45. The van der Waals surface area contributed by atoms with Crippen molar-refractivity contribution in [3.05, 3.63) is 0 Å². The summed E-state index contributed by atoms with van der Waals surface area (Å²) in [6, 6.07) is -0.375. The summed E-state index contributed by atoms with van der Waals surface area (Å²) in [5.74, 6) is -1.51. The molecule has 0 aromatic rings. The van der Waals surface area contributed by atoms with Gasteiger partial charge in [0.1, 0.15) is 0 Å². The molecule has 6 heteroatoms. The molecule has 0 bridgehead atoms. The Morgan fingerprint density at radius 3 is 2.26 bits per heavy atom. The molecule has 6 nitrogen and oxygen atoms in total. The maximum atomic E-state index is 11.6. The molecule has 0 saturated heterocycles. The maximum Gasteiger partial charge on any atom is 0.314 e. The number of carboxylic acid groups (broad SMARTS) is 1. The zero-order valence-corrected chi connectivity index (χ0v) is 12.4. The fraction of sp³-hybridized carbons (Fsp3) is 0.846. The van der Waals surface area contributed by atoms with Gasteiger partial charge in [0.15, 0.2) is 0 Å². The number of amides is 2. The van der Waals surface area contributed by atoms with Gasteiger partial charge < -0.3 is 20.5 Å². The van der Waals surface area contributed by atoms with Gasteiger partial charge in [-0.05, 0) is 26.7 Å². The van der Waals surface area contributed by atoms with Gasteiger partial charge in [0.05, 0.1) is 11.5 Å². The number of hydrogen-bond donors (Lipinski definition) is 3. The molecular formula is C13H26N2O4. The van der Waals surface area contributed by atoms with E-state index in [4.69, 9.17) is 9.84 Å². The van der Waals surface area contributed by atoms with Crippen LogP contribution in [0.2, 0.25) is 0 Å². The molecule has 3 N–H and O–H groups in total. The standard InChI is InChI=1S/C13H26N2O4/c1-6-19-13(4,5)8-15-12(18)14-7-10(9(2)3)11(16)17/h9-10H,6-8H2,1-5H3,(H,16,17)(H2,14,15,18). The smallest absolute Gasteiger partial charge is 0.314 e. The summed E-state index contributed by atoms with van der Waals surface area (Å²) in [7, 11) is 0. The Morgan fingerprint density at radius 2 is 1.84 bits per heavy atom. The summed E-state index contributed by atoms with van der Waals surface area (Å²) in [5, 5.41) is 14.2. The van der Waals surface area contributed by atoms with Gasteiger partial charge in [0.2, 0.25) is 0 Å². The van der Waals surface area contributed by atoms with Crippen LogP contribution in [0.1, 0.15) is 34.6 Å². The molecule has 0 rings (SSSR count). The van der Waals surface area contributed by atoms with E-state index in [2.05, 4.69) is 10.6 Å². The highest BCUT2D eigenvalue weighted by Gasteiger charge is 2.23. The summed E-state index contributed by atoms with van der Waals surface area (Å²) in [6.07, 6.45) is 0.